The maximum absolute atomic E-state index is 12.6. The number of aliphatic imine (C=N–C) groups is 1. The number of halogens is 4. The van der Waals surface area contributed by atoms with Crippen LogP contribution in [-0.2, 0) is 14.8 Å². The molecule has 0 spiro atoms. The minimum atomic E-state index is -5.28. The van der Waals surface area contributed by atoms with Crippen molar-refractivity contribution in [2.24, 2.45) is 10.4 Å². The molecule has 1 rings (SSSR count). The number of rotatable bonds is 5. The van der Waals surface area contributed by atoms with Crippen LogP contribution < -0.4 is 16.0 Å². The highest BCUT2D eigenvalue weighted by Gasteiger charge is 2.50. The van der Waals surface area contributed by atoms with E-state index < -0.39 is 20.9 Å². The lowest BCUT2D eigenvalue weighted by Crippen LogP contribution is -2.52. The summed E-state index contributed by atoms with van der Waals surface area (Å²) in [4.78, 5) is 15.8. The fourth-order valence-corrected chi connectivity index (χ4v) is 3.38. The zero-order valence-electron chi connectivity index (χ0n) is 16.4. The number of nitrogens with zero attached hydrogens (tertiary/aromatic N) is 2. The van der Waals surface area contributed by atoms with E-state index in [9.17, 15) is 26.4 Å². The Morgan fingerprint density at radius 3 is 2.04 bits per heavy atom. The lowest BCUT2D eigenvalue weighted by molar-refractivity contribution is -0.128. The Kier molecular flexibility index (Phi) is 10.5. The number of sulfonamides is 1. The molecular weight excluding hydrogens is 514 g/mol. The smallest absolute Gasteiger partial charge is 0.355 e. The van der Waals surface area contributed by atoms with Crippen molar-refractivity contribution in [3.8, 4) is 0 Å². The van der Waals surface area contributed by atoms with Crippen molar-refractivity contribution < 1.29 is 26.4 Å². The SMILES string of the molecule is CN=C(NCCNC(=O)C(C)(C)C)NC1CCN(S(=O)(=O)C(F)(F)F)CC1.I. The third-order valence-electron chi connectivity index (χ3n) is 4.03. The Balaban J connectivity index is 0.00000729. The average molecular weight is 543 g/mol. The van der Waals surface area contributed by atoms with Crippen LogP contribution in [0.4, 0.5) is 13.2 Å². The molecular formula is C15H29F3IN5O3S. The Morgan fingerprint density at radius 2 is 1.61 bits per heavy atom. The molecule has 1 fully saturated rings. The Labute approximate surface area is 181 Å². The fourth-order valence-electron chi connectivity index (χ4n) is 2.40. The number of hydrogen-bond donors (Lipinski definition) is 3. The number of guanidine groups is 1. The molecule has 0 bridgehead atoms. The molecule has 1 amide bonds. The fraction of sp³-hybridized carbons (Fsp3) is 0.867. The van der Waals surface area contributed by atoms with Crippen molar-refractivity contribution in [1.82, 2.24) is 20.3 Å². The molecule has 0 radical (unpaired) electrons. The Hall–Kier alpha value is -0.830. The van der Waals surface area contributed by atoms with Gasteiger partial charge in [0.05, 0.1) is 0 Å². The summed E-state index contributed by atoms with van der Waals surface area (Å²) in [5, 5.41) is 8.84. The number of amides is 1. The Morgan fingerprint density at radius 1 is 1.11 bits per heavy atom. The summed E-state index contributed by atoms with van der Waals surface area (Å²) in [5.41, 5.74) is -5.76. The molecule has 28 heavy (non-hydrogen) atoms. The van der Waals surface area contributed by atoms with Crippen molar-refractivity contribution in [2.75, 3.05) is 33.2 Å². The van der Waals surface area contributed by atoms with Gasteiger partial charge in [0.25, 0.3) is 0 Å². The second kappa shape index (κ2) is 10.8. The first-order chi connectivity index (χ1) is 12.3. The molecule has 13 heteroatoms. The second-order valence-electron chi connectivity index (χ2n) is 7.27. The van der Waals surface area contributed by atoms with E-state index in [2.05, 4.69) is 20.9 Å². The van der Waals surface area contributed by atoms with E-state index in [0.29, 0.717) is 23.4 Å². The molecule has 1 saturated heterocycles. The van der Waals surface area contributed by atoms with Gasteiger partial charge in [-0.1, -0.05) is 20.8 Å². The zero-order valence-corrected chi connectivity index (χ0v) is 19.5. The van der Waals surface area contributed by atoms with E-state index in [4.69, 9.17) is 0 Å². The summed E-state index contributed by atoms with van der Waals surface area (Å²) in [7, 11) is -3.73. The van der Waals surface area contributed by atoms with Crippen LogP contribution in [0.2, 0.25) is 0 Å². The second-order valence-corrected chi connectivity index (χ2v) is 9.20. The molecule has 3 N–H and O–H groups in total. The molecule has 1 aliphatic heterocycles. The van der Waals surface area contributed by atoms with Crippen molar-refractivity contribution in [3.05, 3.63) is 0 Å². The van der Waals surface area contributed by atoms with Crippen molar-refractivity contribution in [2.45, 2.75) is 45.2 Å². The number of piperidine rings is 1. The first kappa shape index (κ1) is 27.2. The van der Waals surface area contributed by atoms with Crippen LogP contribution in [-0.4, -0.2) is 69.4 Å². The topological polar surface area (TPSA) is 103 Å². The maximum atomic E-state index is 12.6. The molecule has 0 aliphatic carbocycles. The van der Waals surface area contributed by atoms with Gasteiger partial charge in [-0.15, -0.1) is 24.0 Å². The predicted molar refractivity (Wildman–Crippen MR) is 112 cm³/mol. The summed E-state index contributed by atoms with van der Waals surface area (Å²) in [5.74, 6) is 0.364. The number of hydrogen-bond acceptors (Lipinski definition) is 4. The first-order valence-electron chi connectivity index (χ1n) is 8.61. The molecule has 0 saturated carbocycles. The van der Waals surface area contributed by atoms with Crippen LogP contribution in [0.15, 0.2) is 4.99 Å². The summed E-state index contributed by atoms with van der Waals surface area (Å²) >= 11 is 0. The first-order valence-corrected chi connectivity index (χ1v) is 10.0. The van der Waals surface area contributed by atoms with E-state index in [1.165, 1.54) is 0 Å². The minimum absolute atomic E-state index is 0. The molecule has 0 aromatic carbocycles. The van der Waals surface area contributed by atoms with E-state index in [-0.39, 0.29) is 61.9 Å². The molecule has 1 heterocycles. The van der Waals surface area contributed by atoms with Gasteiger partial charge in [0, 0.05) is 44.7 Å². The van der Waals surface area contributed by atoms with Gasteiger partial charge in [-0.3, -0.25) is 9.79 Å². The Bertz CT molecular complexity index is 642. The van der Waals surface area contributed by atoms with E-state index in [0.717, 1.165) is 0 Å². The molecule has 0 unspecified atom stereocenters. The van der Waals surface area contributed by atoms with Crippen LogP contribution in [0.3, 0.4) is 0 Å². The minimum Gasteiger partial charge on any atom is -0.355 e. The molecule has 166 valence electrons. The summed E-state index contributed by atoms with van der Waals surface area (Å²) < 4.78 is 61.0. The van der Waals surface area contributed by atoms with Gasteiger partial charge in [0.2, 0.25) is 5.91 Å². The molecule has 8 nitrogen and oxygen atoms in total. The normalized spacial score (nSPS) is 17.6. The third kappa shape index (κ3) is 7.89. The van der Waals surface area contributed by atoms with Crippen molar-refractivity contribution >= 4 is 45.9 Å². The molecule has 0 atom stereocenters. The van der Waals surface area contributed by atoms with Crippen LogP contribution in [0.25, 0.3) is 0 Å². The lowest BCUT2D eigenvalue weighted by atomic mass is 9.96. The highest BCUT2D eigenvalue weighted by molar-refractivity contribution is 14.0. The summed E-state index contributed by atoms with van der Waals surface area (Å²) in [6.45, 7) is 5.81. The van der Waals surface area contributed by atoms with E-state index in [1.807, 2.05) is 20.8 Å². The van der Waals surface area contributed by atoms with Gasteiger partial charge in [-0.25, -0.2) is 8.42 Å². The lowest BCUT2D eigenvalue weighted by Gasteiger charge is -2.32. The van der Waals surface area contributed by atoms with Gasteiger partial charge >= 0.3 is 15.5 Å². The highest BCUT2D eigenvalue weighted by Crippen LogP contribution is 2.28. The van der Waals surface area contributed by atoms with Gasteiger partial charge in [0.1, 0.15) is 0 Å². The number of alkyl halides is 3. The maximum Gasteiger partial charge on any atom is 0.511 e. The monoisotopic (exact) mass is 543 g/mol. The van der Waals surface area contributed by atoms with Crippen molar-refractivity contribution in [3.63, 3.8) is 0 Å². The molecule has 0 aromatic heterocycles. The van der Waals surface area contributed by atoms with Crippen molar-refractivity contribution in [1.29, 1.82) is 0 Å². The number of carbonyl (C=O) groups is 1. The van der Waals surface area contributed by atoms with Gasteiger partial charge in [0.15, 0.2) is 5.96 Å². The average Bonchev–Trinajstić information content (AvgIpc) is 2.55. The van der Waals surface area contributed by atoms with Gasteiger partial charge in [-0.2, -0.15) is 17.5 Å². The summed E-state index contributed by atoms with van der Waals surface area (Å²) in [6.07, 6.45) is 0.466. The summed E-state index contributed by atoms with van der Waals surface area (Å²) in [6, 6.07) is -0.194. The van der Waals surface area contributed by atoms with Crippen LogP contribution in [0.1, 0.15) is 33.6 Å². The third-order valence-corrected chi connectivity index (χ3v) is 5.66. The van der Waals surface area contributed by atoms with E-state index >= 15 is 0 Å². The standard InChI is InChI=1S/C15H28F3N5O3S.HI/c1-14(2,3)12(24)20-7-8-21-13(19-4)22-11-5-9-23(10-6-11)27(25,26)15(16,17)18;/h11H,5-10H2,1-4H3,(H,20,24)(H2,19,21,22);1H. The van der Waals surface area contributed by atoms with Crippen LogP contribution >= 0.6 is 24.0 Å². The van der Waals surface area contributed by atoms with Gasteiger partial charge in [-0.05, 0) is 12.8 Å². The predicted octanol–water partition coefficient (Wildman–Crippen LogP) is 1.25. The van der Waals surface area contributed by atoms with Gasteiger partial charge < -0.3 is 16.0 Å². The zero-order chi connectivity index (χ0) is 20.9. The molecule has 0 aromatic rings. The van der Waals surface area contributed by atoms with E-state index in [1.54, 1.807) is 7.05 Å². The number of carbonyl (C=O) groups excluding carboxylic acids is 1. The quantitative estimate of drug-likeness (QED) is 0.210. The van der Waals surface area contributed by atoms with Crippen LogP contribution in [0, 0.1) is 5.41 Å². The highest BCUT2D eigenvalue weighted by atomic mass is 127. The molecule has 1 aliphatic rings. The van der Waals surface area contributed by atoms with Crippen LogP contribution in [0.5, 0.6) is 0 Å². The number of nitrogens with one attached hydrogen (secondary N) is 3. The largest absolute Gasteiger partial charge is 0.511 e.